The van der Waals surface area contributed by atoms with Gasteiger partial charge in [-0.05, 0) is 31.0 Å². The topological polar surface area (TPSA) is 119 Å². The Hall–Kier alpha value is -4.59. The van der Waals surface area contributed by atoms with Crippen molar-refractivity contribution in [2.45, 2.75) is 31.4 Å². The number of likely N-dealkylation sites (tertiary alicyclic amines) is 1. The largest absolute Gasteiger partial charge is 0.470 e. The summed E-state index contributed by atoms with van der Waals surface area (Å²) in [5.74, 6) is -2.57. The van der Waals surface area contributed by atoms with Crippen molar-refractivity contribution in [1.29, 1.82) is 0 Å². The number of carbonyl (C=O) groups is 2. The molecule has 0 unspecified atom stereocenters. The lowest BCUT2D eigenvalue weighted by molar-refractivity contribution is 0.0962. The van der Waals surface area contributed by atoms with Crippen LogP contribution in [0.25, 0.3) is 28.0 Å². The van der Waals surface area contributed by atoms with E-state index in [0.29, 0.717) is 43.9 Å². The van der Waals surface area contributed by atoms with Gasteiger partial charge < -0.3 is 24.6 Å². The average molecular weight is 595 g/mol. The molecule has 0 saturated carbocycles. The predicted molar refractivity (Wildman–Crippen MR) is 152 cm³/mol. The number of aromatic nitrogens is 5. The summed E-state index contributed by atoms with van der Waals surface area (Å²) < 4.78 is 44.6. The van der Waals surface area contributed by atoms with Crippen LogP contribution in [-0.4, -0.2) is 99.7 Å². The highest BCUT2D eigenvalue weighted by atomic mass is 19.2. The molecule has 2 aliphatic rings. The van der Waals surface area contributed by atoms with Gasteiger partial charge in [0.15, 0.2) is 17.3 Å². The molecule has 43 heavy (non-hydrogen) atoms. The van der Waals surface area contributed by atoms with E-state index in [0.717, 1.165) is 24.5 Å². The molecule has 3 amide bonds. The van der Waals surface area contributed by atoms with Gasteiger partial charge in [-0.25, -0.2) is 23.1 Å². The summed E-state index contributed by atoms with van der Waals surface area (Å²) in [4.78, 5) is 32.4. The highest BCUT2D eigenvalue weighted by Gasteiger charge is 2.27. The summed E-state index contributed by atoms with van der Waals surface area (Å²) in [5, 5.41) is 11.7. The highest BCUT2D eigenvalue weighted by Crippen LogP contribution is 2.35. The van der Waals surface area contributed by atoms with Gasteiger partial charge in [-0.2, -0.15) is 5.10 Å². The monoisotopic (exact) mass is 594 g/mol. The standard InChI is InChI=1S/C29H32F2N8O4/c1-32-27(40)17-10-22(26(31)23(30)11-17)24-14-33-25-12-21(28(35-39(24)25)43-20-6-9-42-16-20)18-13-34-38(15-18)19-4-7-37(8-5-19)29(41)36(2)3/h10-15,19-20H,4-9,16H2,1-3H3,(H,32,40)/t20-/m0/s1. The number of benzene rings is 1. The molecule has 226 valence electrons. The molecule has 14 heteroatoms. The molecule has 1 atom stereocenters. The number of hydrogen-bond acceptors (Lipinski definition) is 7. The number of piperidine rings is 1. The van der Waals surface area contributed by atoms with Crippen molar-refractivity contribution < 1.29 is 27.8 Å². The fourth-order valence-electron chi connectivity index (χ4n) is 5.47. The van der Waals surface area contributed by atoms with Crippen LogP contribution in [0.5, 0.6) is 5.88 Å². The zero-order chi connectivity index (χ0) is 30.2. The third-order valence-corrected chi connectivity index (χ3v) is 7.82. The molecule has 6 rings (SSSR count). The van der Waals surface area contributed by atoms with E-state index >= 15 is 4.39 Å². The maximum atomic E-state index is 15.0. The first kappa shape index (κ1) is 28.5. The second-order valence-corrected chi connectivity index (χ2v) is 10.9. The fourth-order valence-corrected chi connectivity index (χ4v) is 5.47. The number of amides is 3. The van der Waals surface area contributed by atoms with Crippen LogP contribution >= 0.6 is 0 Å². The van der Waals surface area contributed by atoms with Gasteiger partial charge in [0.25, 0.3) is 5.91 Å². The first-order valence-electron chi connectivity index (χ1n) is 14.1. The van der Waals surface area contributed by atoms with E-state index in [1.54, 1.807) is 31.3 Å². The van der Waals surface area contributed by atoms with Gasteiger partial charge in [-0.3, -0.25) is 9.48 Å². The van der Waals surface area contributed by atoms with Crippen LogP contribution in [0.2, 0.25) is 0 Å². The third kappa shape index (κ3) is 5.49. The van der Waals surface area contributed by atoms with E-state index < -0.39 is 17.5 Å². The number of fused-ring (bicyclic) bond motifs is 1. The molecule has 1 N–H and O–H groups in total. The van der Waals surface area contributed by atoms with E-state index in [9.17, 15) is 14.0 Å². The third-order valence-electron chi connectivity index (χ3n) is 7.82. The molecular weight excluding hydrogens is 562 g/mol. The Kier molecular flexibility index (Phi) is 7.69. The number of halogens is 2. The summed E-state index contributed by atoms with van der Waals surface area (Å²) in [6.07, 6.45) is 7.00. The van der Waals surface area contributed by atoms with Crippen molar-refractivity contribution in [3.8, 4) is 28.3 Å². The number of urea groups is 1. The highest BCUT2D eigenvalue weighted by molar-refractivity contribution is 5.95. The van der Waals surface area contributed by atoms with E-state index in [1.807, 2.05) is 15.8 Å². The second-order valence-electron chi connectivity index (χ2n) is 10.9. The lowest BCUT2D eigenvalue weighted by Gasteiger charge is -2.33. The first-order chi connectivity index (χ1) is 20.7. The minimum Gasteiger partial charge on any atom is -0.470 e. The molecule has 5 heterocycles. The quantitative estimate of drug-likeness (QED) is 0.364. The van der Waals surface area contributed by atoms with E-state index in [1.165, 1.54) is 23.8 Å². The van der Waals surface area contributed by atoms with Crippen LogP contribution in [0.1, 0.15) is 35.7 Å². The van der Waals surface area contributed by atoms with Crippen LogP contribution in [0.4, 0.5) is 13.6 Å². The number of carbonyl (C=O) groups excluding carboxylic acids is 2. The lowest BCUT2D eigenvalue weighted by atomic mass is 10.1. The Bertz CT molecular complexity index is 1670. The number of hydrogen-bond donors (Lipinski definition) is 1. The van der Waals surface area contributed by atoms with Crippen LogP contribution in [0.3, 0.4) is 0 Å². The smallest absolute Gasteiger partial charge is 0.319 e. The SMILES string of the molecule is CNC(=O)c1cc(F)c(F)c(-c2cnc3cc(-c4cnn(C5CCN(C(=O)N(C)C)CC5)c4)c(O[C@H]4CCOC4)nn23)c1. The zero-order valence-electron chi connectivity index (χ0n) is 24.1. The molecule has 0 bridgehead atoms. The summed E-state index contributed by atoms with van der Waals surface area (Å²) in [7, 11) is 4.90. The molecule has 0 radical (unpaired) electrons. The maximum absolute atomic E-state index is 15.0. The summed E-state index contributed by atoms with van der Waals surface area (Å²) in [6.45, 7) is 2.22. The molecular formula is C29H32F2N8O4. The molecule has 0 aliphatic carbocycles. The van der Waals surface area contributed by atoms with E-state index in [2.05, 4.69) is 20.5 Å². The van der Waals surface area contributed by atoms with E-state index in [4.69, 9.17) is 9.47 Å². The minimum absolute atomic E-state index is 0.00120. The molecule has 0 spiro atoms. The van der Waals surface area contributed by atoms with Gasteiger partial charge in [0, 0.05) is 63.5 Å². The Balaban J connectivity index is 1.36. The van der Waals surface area contributed by atoms with Gasteiger partial charge in [0.1, 0.15) is 6.10 Å². The van der Waals surface area contributed by atoms with Crippen molar-refractivity contribution in [1.82, 2.24) is 39.5 Å². The van der Waals surface area contributed by atoms with Crippen LogP contribution in [0, 0.1) is 11.6 Å². The Labute approximate surface area is 246 Å². The number of rotatable bonds is 6. The zero-order valence-corrected chi connectivity index (χ0v) is 24.1. The van der Waals surface area contributed by atoms with Gasteiger partial charge in [-0.15, -0.1) is 5.10 Å². The number of nitrogens with zero attached hydrogens (tertiary/aromatic N) is 7. The van der Waals surface area contributed by atoms with Crippen LogP contribution in [0.15, 0.2) is 36.8 Å². The lowest BCUT2D eigenvalue weighted by Crippen LogP contribution is -2.44. The number of nitrogens with one attached hydrogen (secondary N) is 1. The Morgan fingerprint density at radius 3 is 2.58 bits per heavy atom. The van der Waals surface area contributed by atoms with Gasteiger partial charge in [0.2, 0.25) is 5.88 Å². The molecule has 2 aliphatic heterocycles. The summed E-state index contributed by atoms with van der Waals surface area (Å²) in [6, 6.07) is 4.00. The van der Waals surface area contributed by atoms with Gasteiger partial charge in [0.05, 0.1) is 42.9 Å². The molecule has 12 nitrogen and oxygen atoms in total. The Morgan fingerprint density at radius 1 is 1.09 bits per heavy atom. The normalized spacial score (nSPS) is 17.4. The van der Waals surface area contributed by atoms with Gasteiger partial charge >= 0.3 is 6.03 Å². The van der Waals surface area contributed by atoms with Crippen LogP contribution < -0.4 is 10.1 Å². The number of imidazole rings is 1. The summed E-state index contributed by atoms with van der Waals surface area (Å²) in [5.41, 5.74) is 1.72. The predicted octanol–water partition coefficient (Wildman–Crippen LogP) is 3.38. The Morgan fingerprint density at radius 2 is 1.88 bits per heavy atom. The average Bonchev–Trinajstić information content (AvgIpc) is 3.79. The van der Waals surface area contributed by atoms with Crippen molar-refractivity contribution in [3.05, 3.63) is 54.0 Å². The van der Waals surface area contributed by atoms with Crippen LogP contribution in [-0.2, 0) is 4.74 Å². The molecule has 1 aromatic carbocycles. The first-order valence-corrected chi connectivity index (χ1v) is 14.1. The molecule has 3 aromatic heterocycles. The van der Waals surface area contributed by atoms with E-state index in [-0.39, 0.29) is 40.9 Å². The fraction of sp³-hybridized carbons (Fsp3) is 0.414. The minimum atomic E-state index is -1.16. The van der Waals surface area contributed by atoms with Crippen molar-refractivity contribution in [2.24, 2.45) is 0 Å². The molecule has 4 aromatic rings. The maximum Gasteiger partial charge on any atom is 0.319 e. The molecule has 2 fully saturated rings. The van der Waals surface area contributed by atoms with Crippen molar-refractivity contribution >= 4 is 17.6 Å². The second kappa shape index (κ2) is 11.6. The van der Waals surface area contributed by atoms with Gasteiger partial charge in [-0.1, -0.05) is 0 Å². The van der Waals surface area contributed by atoms with Crippen molar-refractivity contribution in [3.63, 3.8) is 0 Å². The van der Waals surface area contributed by atoms with Crippen molar-refractivity contribution in [2.75, 3.05) is 47.4 Å². The number of ether oxygens (including phenoxy) is 2. The summed E-state index contributed by atoms with van der Waals surface area (Å²) >= 11 is 0. The molecule has 2 saturated heterocycles.